The summed E-state index contributed by atoms with van der Waals surface area (Å²) in [7, 11) is 0. The summed E-state index contributed by atoms with van der Waals surface area (Å²) in [5, 5.41) is 3.95. The maximum absolute atomic E-state index is 6.16. The van der Waals surface area contributed by atoms with Gasteiger partial charge in [-0.2, -0.15) is 0 Å². The number of nitrogens with one attached hydrogen (secondary N) is 2. The molecule has 5 heteroatoms. The first-order valence-electron chi connectivity index (χ1n) is 6.84. The normalized spacial score (nSPS) is 10.8. The number of unbranched alkanes of at least 4 members (excludes halogenated alkanes) is 1. The number of imidazole rings is 1. The smallest absolute Gasteiger partial charge is 0.152 e. The highest BCUT2D eigenvalue weighted by molar-refractivity contribution is 7.98. The van der Waals surface area contributed by atoms with E-state index in [0.29, 0.717) is 11.7 Å². The predicted octanol–water partition coefficient (Wildman–Crippen LogP) is 4.74. The zero-order chi connectivity index (χ0) is 14.4. The first-order valence-corrected chi connectivity index (χ1v) is 8.44. The summed E-state index contributed by atoms with van der Waals surface area (Å²) in [6.07, 6.45) is 5.32. The molecule has 0 aliphatic rings. The molecule has 0 spiro atoms. The van der Waals surface area contributed by atoms with Gasteiger partial charge in [0.25, 0.3) is 0 Å². The van der Waals surface area contributed by atoms with Crippen molar-refractivity contribution in [1.82, 2.24) is 9.97 Å². The van der Waals surface area contributed by atoms with Crippen LogP contribution >= 0.6 is 23.4 Å². The average Bonchev–Trinajstić information content (AvgIpc) is 2.83. The van der Waals surface area contributed by atoms with Crippen molar-refractivity contribution in [1.29, 1.82) is 0 Å². The molecule has 0 fully saturated rings. The third kappa shape index (κ3) is 4.18. The van der Waals surface area contributed by atoms with Gasteiger partial charge in [-0.25, -0.2) is 4.98 Å². The molecular formula is C15H20ClN3S. The molecule has 0 radical (unpaired) electrons. The van der Waals surface area contributed by atoms with Crippen LogP contribution in [0.1, 0.15) is 31.3 Å². The quantitative estimate of drug-likeness (QED) is 0.726. The highest BCUT2D eigenvalue weighted by Gasteiger charge is 2.07. The van der Waals surface area contributed by atoms with Crippen LogP contribution in [0.15, 0.2) is 29.2 Å². The lowest BCUT2D eigenvalue weighted by Gasteiger charge is -2.06. The molecule has 0 saturated heterocycles. The van der Waals surface area contributed by atoms with Crippen LogP contribution < -0.4 is 5.32 Å². The third-order valence-corrected chi connectivity index (χ3v) is 4.12. The summed E-state index contributed by atoms with van der Waals surface area (Å²) in [5.41, 5.74) is 2.05. The summed E-state index contributed by atoms with van der Waals surface area (Å²) in [4.78, 5) is 8.91. The summed E-state index contributed by atoms with van der Waals surface area (Å²) in [6, 6.07) is 8.34. The Balaban J connectivity index is 1.97. The Morgan fingerprint density at radius 2 is 2.25 bits per heavy atom. The molecule has 0 saturated carbocycles. The highest BCUT2D eigenvalue weighted by atomic mass is 35.5. The van der Waals surface area contributed by atoms with Crippen LogP contribution in [0.5, 0.6) is 0 Å². The van der Waals surface area contributed by atoms with Crippen molar-refractivity contribution < 1.29 is 0 Å². The molecular weight excluding hydrogens is 290 g/mol. The van der Waals surface area contributed by atoms with Gasteiger partial charge in [-0.15, -0.1) is 11.8 Å². The second-order valence-electron chi connectivity index (χ2n) is 4.64. The molecule has 20 heavy (non-hydrogen) atoms. The van der Waals surface area contributed by atoms with Gasteiger partial charge in [0.15, 0.2) is 5.15 Å². The Kier molecular flexibility index (Phi) is 5.80. The Morgan fingerprint density at radius 3 is 3.00 bits per heavy atom. The SMILES string of the molecule is CCCCc1nc(Cl)c(CNc2cccc(SC)c2)[nH]1. The fourth-order valence-electron chi connectivity index (χ4n) is 1.94. The van der Waals surface area contributed by atoms with Crippen LogP contribution in [0.4, 0.5) is 5.69 Å². The summed E-state index contributed by atoms with van der Waals surface area (Å²) >= 11 is 7.90. The first kappa shape index (κ1) is 15.3. The van der Waals surface area contributed by atoms with E-state index < -0.39 is 0 Å². The van der Waals surface area contributed by atoms with E-state index >= 15 is 0 Å². The van der Waals surface area contributed by atoms with E-state index in [9.17, 15) is 0 Å². The Bertz CT molecular complexity index is 554. The van der Waals surface area contributed by atoms with Gasteiger partial charge in [0.1, 0.15) is 5.82 Å². The predicted molar refractivity (Wildman–Crippen MR) is 87.8 cm³/mol. The minimum absolute atomic E-state index is 0.574. The number of aryl methyl sites for hydroxylation is 1. The van der Waals surface area contributed by atoms with Crippen molar-refractivity contribution in [2.24, 2.45) is 0 Å². The average molecular weight is 310 g/mol. The first-order chi connectivity index (χ1) is 9.72. The van der Waals surface area contributed by atoms with Crippen LogP contribution in [0.3, 0.4) is 0 Å². The Morgan fingerprint density at radius 1 is 1.40 bits per heavy atom. The number of thioether (sulfide) groups is 1. The van der Waals surface area contributed by atoms with Gasteiger partial charge in [-0.3, -0.25) is 0 Å². The molecule has 1 aromatic heterocycles. The highest BCUT2D eigenvalue weighted by Crippen LogP contribution is 2.20. The molecule has 108 valence electrons. The number of hydrogen-bond acceptors (Lipinski definition) is 3. The van der Waals surface area contributed by atoms with Crippen molar-refractivity contribution >= 4 is 29.1 Å². The summed E-state index contributed by atoms with van der Waals surface area (Å²) in [6.45, 7) is 2.83. The third-order valence-electron chi connectivity index (χ3n) is 3.08. The van der Waals surface area contributed by atoms with Gasteiger partial charge in [-0.05, 0) is 30.9 Å². The number of H-pyrrole nitrogens is 1. The van der Waals surface area contributed by atoms with Crippen LogP contribution in [0.2, 0.25) is 5.15 Å². The molecule has 2 rings (SSSR count). The minimum atomic E-state index is 0.574. The molecule has 2 N–H and O–H groups in total. The zero-order valence-corrected chi connectivity index (χ0v) is 13.4. The van der Waals surface area contributed by atoms with Gasteiger partial charge in [0.05, 0.1) is 12.2 Å². The van der Waals surface area contributed by atoms with Gasteiger partial charge >= 0.3 is 0 Å². The second kappa shape index (κ2) is 7.60. The van der Waals surface area contributed by atoms with Crippen molar-refractivity contribution in [2.75, 3.05) is 11.6 Å². The number of benzene rings is 1. The molecule has 0 bridgehead atoms. The van der Waals surface area contributed by atoms with Crippen LogP contribution in [0.25, 0.3) is 0 Å². The molecule has 2 aromatic rings. The second-order valence-corrected chi connectivity index (χ2v) is 5.88. The Hall–Kier alpha value is -1.13. The number of anilines is 1. The van der Waals surface area contributed by atoms with Crippen LogP contribution in [0, 0.1) is 0 Å². The molecule has 0 unspecified atom stereocenters. The topological polar surface area (TPSA) is 40.7 Å². The van der Waals surface area contributed by atoms with E-state index in [4.69, 9.17) is 11.6 Å². The molecule has 1 heterocycles. The standard InChI is InChI=1S/C15H20ClN3S/c1-3-4-8-14-18-13(15(16)19-14)10-17-11-6-5-7-12(9-11)20-2/h5-7,9,17H,3-4,8,10H2,1-2H3,(H,18,19). The molecule has 0 aliphatic heterocycles. The molecule has 3 nitrogen and oxygen atoms in total. The van der Waals surface area contributed by atoms with Gasteiger partial charge in [-0.1, -0.05) is 31.0 Å². The lowest BCUT2D eigenvalue weighted by atomic mass is 10.2. The van der Waals surface area contributed by atoms with E-state index in [2.05, 4.69) is 52.7 Å². The van der Waals surface area contributed by atoms with E-state index in [1.54, 1.807) is 11.8 Å². The lowest BCUT2D eigenvalue weighted by Crippen LogP contribution is -2.00. The fraction of sp³-hybridized carbons (Fsp3) is 0.400. The summed E-state index contributed by atoms with van der Waals surface area (Å²) in [5.74, 6) is 0.978. The maximum atomic E-state index is 6.16. The van der Waals surface area contributed by atoms with Crippen LogP contribution in [-0.2, 0) is 13.0 Å². The number of aromatic nitrogens is 2. The van der Waals surface area contributed by atoms with Gasteiger partial charge < -0.3 is 10.3 Å². The maximum Gasteiger partial charge on any atom is 0.152 e. The number of nitrogens with zero attached hydrogens (tertiary/aromatic N) is 1. The summed E-state index contributed by atoms with van der Waals surface area (Å²) < 4.78 is 0. The van der Waals surface area contributed by atoms with Crippen molar-refractivity contribution in [3.63, 3.8) is 0 Å². The number of aromatic amines is 1. The zero-order valence-electron chi connectivity index (χ0n) is 11.9. The lowest BCUT2D eigenvalue weighted by molar-refractivity contribution is 0.760. The van der Waals surface area contributed by atoms with Crippen molar-refractivity contribution in [3.8, 4) is 0 Å². The van der Waals surface area contributed by atoms with Crippen molar-refractivity contribution in [2.45, 2.75) is 37.6 Å². The van der Waals surface area contributed by atoms with Gasteiger partial charge in [0.2, 0.25) is 0 Å². The van der Waals surface area contributed by atoms with E-state index in [0.717, 1.165) is 36.5 Å². The van der Waals surface area contributed by atoms with E-state index in [-0.39, 0.29) is 0 Å². The molecule has 0 atom stereocenters. The minimum Gasteiger partial charge on any atom is -0.379 e. The molecule has 0 amide bonds. The van der Waals surface area contributed by atoms with E-state index in [1.807, 2.05) is 0 Å². The van der Waals surface area contributed by atoms with Crippen molar-refractivity contribution in [3.05, 3.63) is 40.9 Å². The molecule has 0 aliphatic carbocycles. The van der Waals surface area contributed by atoms with Gasteiger partial charge in [0, 0.05) is 17.0 Å². The van der Waals surface area contributed by atoms with E-state index in [1.165, 1.54) is 4.90 Å². The fourth-order valence-corrected chi connectivity index (χ4v) is 2.62. The number of rotatable bonds is 7. The number of halogens is 1. The Labute approximate surface area is 129 Å². The number of hydrogen-bond donors (Lipinski definition) is 2. The largest absolute Gasteiger partial charge is 0.379 e. The van der Waals surface area contributed by atoms with Crippen LogP contribution in [-0.4, -0.2) is 16.2 Å². The monoisotopic (exact) mass is 309 g/mol. The molecule has 1 aromatic carbocycles.